The lowest BCUT2D eigenvalue weighted by Crippen LogP contribution is -2.16. The van der Waals surface area contributed by atoms with E-state index >= 15 is 0 Å². The molecule has 0 atom stereocenters. The molecule has 0 saturated carbocycles. The van der Waals surface area contributed by atoms with Crippen LogP contribution in [-0.2, 0) is 16.4 Å². The summed E-state index contributed by atoms with van der Waals surface area (Å²) < 4.78 is 25.0. The molecule has 0 aliphatic rings. The molecule has 1 aromatic carbocycles. The largest absolute Gasteiger partial charge is 0.399 e. The third-order valence-corrected chi connectivity index (χ3v) is 3.99. The molecular formula is C12H16N4O2S. The van der Waals surface area contributed by atoms with Crippen LogP contribution in [0.5, 0.6) is 0 Å². The maximum absolute atomic E-state index is 11.6. The maximum atomic E-state index is 11.6. The zero-order chi connectivity index (χ0) is 14.2. The minimum absolute atomic E-state index is 0.0400. The number of imidazole rings is 1. The average molecular weight is 280 g/mol. The Hall–Kier alpha value is -1.86. The number of anilines is 1. The van der Waals surface area contributed by atoms with Gasteiger partial charge in [0.15, 0.2) is 0 Å². The van der Waals surface area contributed by atoms with Crippen molar-refractivity contribution in [1.82, 2.24) is 9.55 Å². The highest BCUT2D eigenvalue weighted by molar-refractivity contribution is 7.89. The highest BCUT2D eigenvalue weighted by Gasteiger charge is 2.17. The fourth-order valence-corrected chi connectivity index (χ4v) is 2.89. The van der Waals surface area contributed by atoms with E-state index in [-0.39, 0.29) is 4.90 Å². The van der Waals surface area contributed by atoms with Crippen LogP contribution in [0.1, 0.15) is 18.3 Å². The van der Waals surface area contributed by atoms with Gasteiger partial charge in [0.05, 0.1) is 10.6 Å². The van der Waals surface area contributed by atoms with Gasteiger partial charge in [-0.25, -0.2) is 18.5 Å². The number of nitrogen functional groups attached to an aromatic ring is 1. The minimum atomic E-state index is -3.80. The topological polar surface area (TPSA) is 104 Å². The van der Waals surface area contributed by atoms with Crippen LogP contribution in [0, 0.1) is 6.92 Å². The second-order valence-electron chi connectivity index (χ2n) is 4.28. The molecule has 7 heteroatoms. The van der Waals surface area contributed by atoms with Crippen LogP contribution in [0.3, 0.4) is 0 Å². The number of hydrogen-bond donors (Lipinski definition) is 2. The smallest absolute Gasteiger partial charge is 0.238 e. The van der Waals surface area contributed by atoms with Gasteiger partial charge in [-0.2, -0.15) is 0 Å². The van der Waals surface area contributed by atoms with Crippen molar-refractivity contribution < 1.29 is 8.42 Å². The van der Waals surface area contributed by atoms with Crippen molar-refractivity contribution in [1.29, 1.82) is 0 Å². The first-order valence-electron chi connectivity index (χ1n) is 5.80. The summed E-state index contributed by atoms with van der Waals surface area (Å²) >= 11 is 0. The van der Waals surface area contributed by atoms with Gasteiger partial charge in [-0.3, -0.25) is 0 Å². The lowest BCUT2D eigenvalue weighted by molar-refractivity contribution is 0.597. The van der Waals surface area contributed by atoms with E-state index in [1.807, 2.05) is 11.5 Å². The van der Waals surface area contributed by atoms with Gasteiger partial charge in [0, 0.05) is 24.5 Å². The van der Waals surface area contributed by atoms with E-state index in [1.54, 1.807) is 25.4 Å². The van der Waals surface area contributed by atoms with Crippen molar-refractivity contribution in [2.45, 2.75) is 25.2 Å². The van der Waals surface area contributed by atoms with Gasteiger partial charge in [0.2, 0.25) is 10.0 Å². The summed E-state index contributed by atoms with van der Waals surface area (Å²) in [5.41, 5.74) is 7.36. The SMILES string of the molecule is CCc1nccn1-c1cc(N)cc(S(N)(=O)=O)c1C. The fourth-order valence-electron chi connectivity index (χ4n) is 2.05. The average Bonchev–Trinajstić information content (AvgIpc) is 2.78. The summed E-state index contributed by atoms with van der Waals surface area (Å²) in [6, 6.07) is 3.08. The molecule has 0 amide bonds. The number of benzene rings is 1. The van der Waals surface area contributed by atoms with Crippen molar-refractivity contribution in [2.24, 2.45) is 5.14 Å². The lowest BCUT2D eigenvalue weighted by atomic mass is 10.1. The van der Waals surface area contributed by atoms with E-state index in [1.165, 1.54) is 6.07 Å². The number of hydrogen-bond acceptors (Lipinski definition) is 4. The number of sulfonamides is 1. The Bertz CT molecular complexity index is 719. The molecule has 2 aromatic rings. The number of aryl methyl sites for hydroxylation is 1. The summed E-state index contributed by atoms with van der Waals surface area (Å²) in [4.78, 5) is 4.26. The Morgan fingerprint density at radius 1 is 1.37 bits per heavy atom. The fraction of sp³-hybridized carbons (Fsp3) is 0.250. The Labute approximate surface area is 112 Å². The van der Waals surface area contributed by atoms with Gasteiger partial charge >= 0.3 is 0 Å². The quantitative estimate of drug-likeness (QED) is 0.817. The van der Waals surface area contributed by atoms with Crippen molar-refractivity contribution in [3.63, 3.8) is 0 Å². The van der Waals surface area contributed by atoms with Crippen LogP contribution in [0.15, 0.2) is 29.4 Å². The first-order valence-corrected chi connectivity index (χ1v) is 7.34. The van der Waals surface area contributed by atoms with Crippen LogP contribution < -0.4 is 10.9 Å². The van der Waals surface area contributed by atoms with Gasteiger partial charge in [-0.1, -0.05) is 6.92 Å². The molecule has 0 spiro atoms. The van der Waals surface area contributed by atoms with Crippen LogP contribution in [-0.4, -0.2) is 18.0 Å². The molecule has 0 bridgehead atoms. The molecule has 2 rings (SSSR count). The second-order valence-corrected chi connectivity index (χ2v) is 5.81. The number of primary sulfonamides is 1. The zero-order valence-electron chi connectivity index (χ0n) is 10.8. The summed E-state index contributed by atoms with van der Waals surface area (Å²) in [5, 5.41) is 5.21. The summed E-state index contributed by atoms with van der Waals surface area (Å²) in [6.45, 7) is 3.68. The number of aromatic nitrogens is 2. The molecule has 0 radical (unpaired) electrons. The van der Waals surface area contributed by atoms with E-state index in [0.717, 1.165) is 12.2 Å². The minimum Gasteiger partial charge on any atom is -0.399 e. The Balaban J connectivity index is 2.76. The Morgan fingerprint density at radius 3 is 2.63 bits per heavy atom. The third kappa shape index (κ3) is 2.47. The summed E-state index contributed by atoms with van der Waals surface area (Å²) in [7, 11) is -3.80. The normalized spacial score (nSPS) is 11.7. The number of rotatable bonds is 3. The molecule has 1 aromatic heterocycles. The molecule has 4 N–H and O–H groups in total. The predicted molar refractivity (Wildman–Crippen MR) is 73.5 cm³/mol. The van der Waals surface area contributed by atoms with Crippen molar-refractivity contribution in [3.8, 4) is 5.69 Å². The van der Waals surface area contributed by atoms with Gasteiger partial charge in [0.1, 0.15) is 5.82 Å². The molecule has 0 aliphatic heterocycles. The molecule has 0 aliphatic carbocycles. The second kappa shape index (κ2) is 4.67. The number of nitrogens with zero attached hydrogens (tertiary/aromatic N) is 2. The zero-order valence-corrected chi connectivity index (χ0v) is 11.6. The highest BCUT2D eigenvalue weighted by Crippen LogP contribution is 2.25. The molecule has 1 heterocycles. The first kappa shape index (κ1) is 13.6. The monoisotopic (exact) mass is 280 g/mol. The van der Waals surface area contributed by atoms with Gasteiger partial charge in [-0.05, 0) is 24.6 Å². The van der Waals surface area contributed by atoms with Crippen molar-refractivity contribution in [3.05, 3.63) is 35.9 Å². The van der Waals surface area contributed by atoms with E-state index in [0.29, 0.717) is 16.9 Å². The van der Waals surface area contributed by atoms with E-state index in [2.05, 4.69) is 4.98 Å². The molecule has 0 fully saturated rings. The highest BCUT2D eigenvalue weighted by atomic mass is 32.2. The summed E-state index contributed by atoms with van der Waals surface area (Å²) in [6.07, 6.45) is 4.16. The number of nitrogens with two attached hydrogens (primary N) is 2. The summed E-state index contributed by atoms with van der Waals surface area (Å²) in [5.74, 6) is 0.828. The first-order chi connectivity index (χ1) is 8.84. The molecule has 0 unspecified atom stereocenters. The molecular weight excluding hydrogens is 264 g/mol. The molecule has 102 valence electrons. The lowest BCUT2D eigenvalue weighted by Gasteiger charge is -2.14. The van der Waals surface area contributed by atoms with Crippen LogP contribution in [0.25, 0.3) is 5.69 Å². The Kier molecular flexibility index (Phi) is 3.34. The van der Waals surface area contributed by atoms with E-state index in [4.69, 9.17) is 10.9 Å². The predicted octanol–water partition coefficient (Wildman–Crippen LogP) is 0.973. The third-order valence-electron chi connectivity index (χ3n) is 2.95. The van der Waals surface area contributed by atoms with E-state index < -0.39 is 10.0 Å². The van der Waals surface area contributed by atoms with Gasteiger partial charge in [0.25, 0.3) is 0 Å². The van der Waals surface area contributed by atoms with Crippen LogP contribution >= 0.6 is 0 Å². The van der Waals surface area contributed by atoms with Crippen LogP contribution in [0.4, 0.5) is 5.69 Å². The van der Waals surface area contributed by atoms with Crippen molar-refractivity contribution in [2.75, 3.05) is 5.73 Å². The molecule has 0 saturated heterocycles. The standard InChI is InChI=1S/C12H16N4O2S/c1-3-12-15-4-5-16(12)10-6-9(13)7-11(8(10)2)19(14,17)18/h4-7H,3,13H2,1-2H3,(H2,14,17,18). The van der Waals surface area contributed by atoms with Gasteiger partial charge < -0.3 is 10.3 Å². The van der Waals surface area contributed by atoms with E-state index in [9.17, 15) is 8.42 Å². The molecule has 6 nitrogen and oxygen atoms in total. The maximum Gasteiger partial charge on any atom is 0.238 e. The van der Waals surface area contributed by atoms with Crippen molar-refractivity contribution >= 4 is 15.7 Å². The van der Waals surface area contributed by atoms with Crippen LogP contribution in [0.2, 0.25) is 0 Å². The van der Waals surface area contributed by atoms with Gasteiger partial charge in [-0.15, -0.1) is 0 Å². The Morgan fingerprint density at radius 2 is 2.05 bits per heavy atom. The molecule has 19 heavy (non-hydrogen) atoms.